The Bertz CT molecular complexity index is 1110. The minimum absolute atomic E-state index is 0.0867. The van der Waals surface area contributed by atoms with Crippen LogP contribution in [0.5, 0.6) is 0 Å². The highest BCUT2D eigenvalue weighted by Gasteiger charge is 2.56. The molecule has 0 spiro atoms. The Morgan fingerprint density at radius 3 is 2.09 bits per heavy atom. The summed E-state index contributed by atoms with van der Waals surface area (Å²) in [5.41, 5.74) is 1.66. The molecular formula is C25H26F2N2O6. The number of alkyl halides is 2. The number of rotatable bonds is 9. The highest BCUT2D eigenvalue weighted by atomic mass is 19.3. The molecule has 2 aromatic rings. The van der Waals surface area contributed by atoms with E-state index in [2.05, 4.69) is 5.32 Å². The number of aliphatic hydroxyl groups excluding tert-OH is 1. The summed E-state index contributed by atoms with van der Waals surface area (Å²) >= 11 is 0. The molecule has 0 heterocycles. The Morgan fingerprint density at radius 2 is 1.60 bits per heavy atom. The molecule has 2 atom stereocenters. The summed E-state index contributed by atoms with van der Waals surface area (Å²) in [6.45, 7) is -0.261. The Labute approximate surface area is 200 Å². The summed E-state index contributed by atoms with van der Waals surface area (Å²) < 4.78 is 35.4. The van der Waals surface area contributed by atoms with Crippen molar-refractivity contribution >= 4 is 18.0 Å². The molecule has 2 amide bonds. The zero-order valence-electron chi connectivity index (χ0n) is 19.0. The summed E-state index contributed by atoms with van der Waals surface area (Å²) in [6, 6.07) is 13.5. The molecule has 2 unspecified atom stereocenters. The van der Waals surface area contributed by atoms with Gasteiger partial charge >= 0.3 is 18.0 Å². The lowest BCUT2D eigenvalue weighted by molar-refractivity contribution is -0.159. The van der Waals surface area contributed by atoms with Gasteiger partial charge in [0.2, 0.25) is 0 Å². The topological polar surface area (TPSA) is 125 Å². The number of aliphatic carboxylic acids is 1. The first kappa shape index (κ1) is 24.6. The van der Waals surface area contributed by atoms with Gasteiger partial charge in [0, 0.05) is 5.92 Å². The fraction of sp³-hybridized carbons (Fsp3) is 0.400. The van der Waals surface area contributed by atoms with Gasteiger partial charge in [0.05, 0.1) is 6.61 Å². The fourth-order valence-electron chi connectivity index (χ4n) is 4.34. The normalized spacial score (nSPS) is 17.5. The molecule has 186 valence electrons. The number of alkyl carbamates (subject to hydrolysis) is 1. The molecule has 2 aliphatic rings. The number of aliphatic hydroxyl groups is 1. The van der Waals surface area contributed by atoms with E-state index in [4.69, 9.17) is 9.84 Å². The first-order chi connectivity index (χ1) is 16.6. The van der Waals surface area contributed by atoms with Crippen molar-refractivity contribution < 1.29 is 38.1 Å². The van der Waals surface area contributed by atoms with E-state index in [1.54, 1.807) is 5.32 Å². The van der Waals surface area contributed by atoms with E-state index in [1.807, 2.05) is 48.5 Å². The lowest BCUT2D eigenvalue weighted by Gasteiger charge is -2.30. The van der Waals surface area contributed by atoms with Crippen LogP contribution in [0.1, 0.15) is 36.8 Å². The van der Waals surface area contributed by atoms with Crippen LogP contribution in [-0.4, -0.2) is 58.9 Å². The minimum Gasteiger partial charge on any atom is -0.479 e. The van der Waals surface area contributed by atoms with Crippen molar-refractivity contribution in [3.8, 4) is 11.1 Å². The number of fused-ring (bicyclic) bond motifs is 3. The van der Waals surface area contributed by atoms with Gasteiger partial charge < -0.3 is 25.6 Å². The monoisotopic (exact) mass is 488 g/mol. The summed E-state index contributed by atoms with van der Waals surface area (Å²) in [5, 5.41) is 22.2. The predicted octanol–water partition coefficient (Wildman–Crippen LogP) is 2.89. The summed E-state index contributed by atoms with van der Waals surface area (Å²) in [4.78, 5) is 36.2. The quantitative estimate of drug-likeness (QED) is 0.430. The molecule has 0 radical (unpaired) electrons. The standard InChI is InChI=1S/C25H26F2N2O6/c1-24(13-30,22(32)33)29-21(31)25(26,27)20(14-10-11-14)28-23(34)35-12-19-17-8-4-2-6-15(17)16-7-3-5-9-18(16)19/h2-9,14,19-20,30H,10-13H2,1H3,(H,28,34)(H,29,31)(H,32,33). The molecule has 1 fully saturated rings. The summed E-state index contributed by atoms with van der Waals surface area (Å²) in [5.74, 6) is -8.62. The average molecular weight is 488 g/mol. The van der Waals surface area contributed by atoms with Crippen molar-refractivity contribution in [1.82, 2.24) is 10.6 Å². The molecule has 2 aromatic carbocycles. The van der Waals surface area contributed by atoms with Crippen LogP contribution in [0.2, 0.25) is 0 Å². The molecule has 1 saturated carbocycles. The van der Waals surface area contributed by atoms with Gasteiger partial charge in [0.15, 0.2) is 5.54 Å². The van der Waals surface area contributed by atoms with Crippen LogP contribution in [0.4, 0.5) is 13.6 Å². The number of amides is 2. The lowest BCUT2D eigenvalue weighted by Crippen LogP contribution is -2.63. The number of hydrogen-bond acceptors (Lipinski definition) is 5. The third-order valence-corrected chi connectivity index (χ3v) is 6.58. The van der Waals surface area contributed by atoms with E-state index >= 15 is 8.78 Å². The molecule has 0 saturated heterocycles. The molecule has 2 aliphatic carbocycles. The number of benzene rings is 2. The number of ether oxygens (including phenoxy) is 1. The van der Waals surface area contributed by atoms with Crippen LogP contribution >= 0.6 is 0 Å². The lowest BCUT2D eigenvalue weighted by atomic mass is 9.98. The molecule has 4 N–H and O–H groups in total. The highest BCUT2D eigenvalue weighted by molar-refractivity contribution is 5.91. The smallest absolute Gasteiger partial charge is 0.407 e. The maximum absolute atomic E-state index is 15.0. The second-order valence-corrected chi connectivity index (χ2v) is 9.16. The molecule has 0 aliphatic heterocycles. The number of carboxylic acids is 1. The third kappa shape index (κ3) is 4.70. The molecule has 35 heavy (non-hydrogen) atoms. The third-order valence-electron chi connectivity index (χ3n) is 6.58. The second-order valence-electron chi connectivity index (χ2n) is 9.16. The number of nitrogens with one attached hydrogen (secondary N) is 2. The van der Waals surface area contributed by atoms with Gasteiger partial charge in [-0.2, -0.15) is 8.78 Å². The summed E-state index contributed by atoms with van der Waals surface area (Å²) in [7, 11) is 0. The number of carbonyl (C=O) groups is 3. The molecular weight excluding hydrogens is 462 g/mol. The van der Waals surface area contributed by atoms with Crippen LogP contribution in [0, 0.1) is 5.92 Å². The summed E-state index contributed by atoms with van der Waals surface area (Å²) in [6.07, 6.45) is -0.361. The second kappa shape index (κ2) is 9.26. The van der Waals surface area contributed by atoms with Gasteiger partial charge in [-0.1, -0.05) is 48.5 Å². The van der Waals surface area contributed by atoms with Gasteiger partial charge in [0.1, 0.15) is 12.6 Å². The SMILES string of the molecule is CC(CO)(NC(=O)C(F)(F)C(NC(=O)OCC1c2ccccc2-c2ccccc21)C1CC1)C(=O)O. The zero-order valence-corrected chi connectivity index (χ0v) is 19.0. The highest BCUT2D eigenvalue weighted by Crippen LogP contribution is 2.44. The van der Waals surface area contributed by atoms with Crippen LogP contribution < -0.4 is 10.6 Å². The van der Waals surface area contributed by atoms with Crippen LogP contribution in [0.3, 0.4) is 0 Å². The van der Waals surface area contributed by atoms with Crippen LogP contribution in [0.15, 0.2) is 48.5 Å². The largest absolute Gasteiger partial charge is 0.479 e. The minimum atomic E-state index is -4.13. The van der Waals surface area contributed by atoms with Gasteiger partial charge in [-0.3, -0.25) is 4.79 Å². The molecule has 8 nitrogen and oxygen atoms in total. The first-order valence-corrected chi connectivity index (χ1v) is 11.2. The van der Waals surface area contributed by atoms with E-state index in [1.165, 1.54) is 0 Å². The number of hydrogen-bond donors (Lipinski definition) is 4. The zero-order chi connectivity index (χ0) is 25.4. The molecule has 0 bridgehead atoms. The Balaban J connectivity index is 1.45. The van der Waals surface area contributed by atoms with Crippen LogP contribution in [-0.2, 0) is 14.3 Å². The van der Waals surface area contributed by atoms with E-state index < -0.39 is 48.0 Å². The molecule has 0 aromatic heterocycles. The van der Waals surface area contributed by atoms with E-state index in [-0.39, 0.29) is 12.5 Å². The Kier molecular flexibility index (Phi) is 6.50. The number of carbonyl (C=O) groups excluding carboxylic acids is 2. The predicted molar refractivity (Wildman–Crippen MR) is 121 cm³/mol. The maximum atomic E-state index is 15.0. The van der Waals surface area contributed by atoms with E-state index in [0.717, 1.165) is 29.2 Å². The maximum Gasteiger partial charge on any atom is 0.407 e. The Morgan fingerprint density at radius 1 is 1.06 bits per heavy atom. The number of halogens is 2. The van der Waals surface area contributed by atoms with Crippen molar-refractivity contribution in [1.29, 1.82) is 0 Å². The average Bonchev–Trinajstić information content (AvgIpc) is 3.63. The van der Waals surface area contributed by atoms with Gasteiger partial charge in [0.25, 0.3) is 5.91 Å². The van der Waals surface area contributed by atoms with Crippen molar-refractivity contribution in [2.45, 2.75) is 43.2 Å². The van der Waals surface area contributed by atoms with Crippen molar-refractivity contribution in [3.05, 3.63) is 59.7 Å². The van der Waals surface area contributed by atoms with E-state index in [9.17, 15) is 19.5 Å². The first-order valence-electron chi connectivity index (χ1n) is 11.2. The van der Waals surface area contributed by atoms with Gasteiger partial charge in [-0.05, 0) is 47.9 Å². The van der Waals surface area contributed by atoms with Gasteiger partial charge in [-0.25, -0.2) is 9.59 Å². The van der Waals surface area contributed by atoms with Crippen molar-refractivity contribution in [2.24, 2.45) is 5.92 Å². The molecule has 10 heteroatoms. The van der Waals surface area contributed by atoms with Crippen molar-refractivity contribution in [2.75, 3.05) is 13.2 Å². The molecule has 4 rings (SSSR count). The fourth-order valence-corrected chi connectivity index (χ4v) is 4.34. The van der Waals surface area contributed by atoms with E-state index in [0.29, 0.717) is 12.8 Å². The van der Waals surface area contributed by atoms with Gasteiger partial charge in [-0.15, -0.1) is 0 Å². The Hall–Kier alpha value is -3.53. The van der Waals surface area contributed by atoms with Crippen molar-refractivity contribution in [3.63, 3.8) is 0 Å². The van der Waals surface area contributed by atoms with Crippen LogP contribution in [0.25, 0.3) is 11.1 Å². The number of carboxylic acid groups (broad SMARTS) is 1.